The van der Waals surface area contributed by atoms with Crippen molar-refractivity contribution >= 4 is 17.2 Å². The molecule has 0 spiro atoms. The smallest absolute Gasteiger partial charge is 0.224 e. The highest BCUT2D eigenvalue weighted by Gasteiger charge is 2.13. The minimum Gasteiger partial charge on any atom is -0.477 e. The largest absolute Gasteiger partial charge is 0.477 e. The number of amidine groups is 1. The zero-order valence-electron chi connectivity index (χ0n) is 11.3. The molecule has 0 aliphatic carbocycles. The number of nitrogens with two attached hydrogens (primary N) is 1. The predicted octanol–water partition coefficient (Wildman–Crippen LogP) is 1.87. The molecule has 0 saturated carbocycles. The first kappa shape index (κ1) is 14.3. The molecule has 0 fully saturated rings. The highest BCUT2D eigenvalue weighted by Crippen LogP contribution is 2.19. The van der Waals surface area contributed by atoms with Gasteiger partial charge < -0.3 is 15.7 Å². The Hall–Kier alpha value is -2.15. The van der Waals surface area contributed by atoms with Gasteiger partial charge in [-0.1, -0.05) is 5.16 Å². The zero-order valence-corrected chi connectivity index (χ0v) is 12.1. The molecule has 0 unspecified atom stereocenters. The van der Waals surface area contributed by atoms with E-state index in [9.17, 15) is 0 Å². The summed E-state index contributed by atoms with van der Waals surface area (Å²) in [5.41, 5.74) is 9.87. The zero-order chi connectivity index (χ0) is 14.5. The van der Waals surface area contributed by atoms with E-state index in [2.05, 4.69) is 15.1 Å². The van der Waals surface area contributed by atoms with Crippen LogP contribution in [0.25, 0.3) is 0 Å². The Morgan fingerprint density at radius 3 is 2.90 bits per heavy atom. The van der Waals surface area contributed by atoms with Crippen LogP contribution in [0.2, 0.25) is 0 Å². The summed E-state index contributed by atoms with van der Waals surface area (Å²) in [5.74, 6) is 0.377. The Labute approximate surface area is 120 Å². The fraction of sp³-hybridized carbons (Fsp3) is 0.308. The third-order valence-electron chi connectivity index (χ3n) is 2.90. The van der Waals surface area contributed by atoms with Crippen LogP contribution in [0.5, 0.6) is 5.88 Å². The van der Waals surface area contributed by atoms with Gasteiger partial charge in [-0.05, 0) is 25.5 Å². The summed E-state index contributed by atoms with van der Waals surface area (Å²) in [6, 6.07) is 1.79. The van der Waals surface area contributed by atoms with Crippen molar-refractivity contribution in [2.24, 2.45) is 10.9 Å². The average Bonchev–Trinajstić information content (AvgIpc) is 2.84. The fourth-order valence-corrected chi connectivity index (χ4v) is 2.57. The van der Waals surface area contributed by atoms with Gasteiger partial charge in [0.05, 0.1) is 23.4 Å². The lowest BCUT2D eigenvalue weighted by Gasteiger charge is -2.11. The molecule has 0 aliphatic heterocycles. The van der Waals surface area contributed by atoms with E-state index in [1.807, 2.05) is 19.4 Å². The third-order valence-corrected chi connectivity index (χ3v) is 3.90. The summed E-state index contributed by atoms with van der Waals surface area (Å²) in [4.78, 5) is 9.52. The highest BCUT2D eigenvalue weighted by atomic mass is 32.1. The van der Waals surface area contributed by atoms with Gasteiger partial charge in [-0.25, -0.2) is 9.97 Å². The standard InChI is InChI=1S/C13H16N4O2S/c1-8-3-5-15-13(11(8)12(14)17-18)19-6-4-10-9(2)16-7-20-10/h3,5,7,18H,4,6H2,1-2H3,(H2,14,17). The van der Waals surface area contributed by atoms with Crippen LogP contribution in [0.15, 0.2) is 22.9 Å². The Bertz CT molecular complexity index is 625. The minimum absolute atomic E-state index is 0.000397. The summed E-state index contributed by atoms with van der Waals surface area (Å²) in [5, 5.41) is 11.8. The van der Waals surface area contributed by atoms with E-state index in [4.69, 9.17) is 15.7 Å². The number of aryl methyl sites for hydroxylation is 2. The van der Waals surface area contributed by atoms with Gasteiger partial charge >= 0.3 is 0 Å². The number of thiazole rings is 1. The average molecular weight is 292 g/mol. The number of ether oxygens (including phenoxy) is 1. The number of rotatable bonds is 5. The van der Waals surface area contributed by atoms with Gasteiger partial charge in [0.2, 0.25) is 5.88 Å². The second-order valence-corrected chi connectivity index (χ2v) is 5.19. The molecule has 106 valence electrons. The summed E-state index contributed by atoms with van der Waals surface area (Å²) < 4.78 is 5.67. The van der Waals surface area contributed by atoms with Crippen LogP contribution in [0.1, 0.15) is 21.7 Å². The third kappa shape index (κ3) is 3.05. The van der Waals surface area contributed by atoms with Crippen molar-refractivity contribution in [1.29, 1.82) is 0 Å². The molecule has 7 heteroatoms. The van der Waals surface area contributed by atoms with Gasteiger partial charge in [-0.15, -0.1) is 11.3 Å². The summed E-state index contributed by atoms with van der Waals surface area (Å²) >= 11 is 1.60. The normalized spacial score (nSPS) is 11.6. The molecule has 2 aromatic heterocycles. The van der Waals surface area contributed by atoms with Gasteiger partial charge in [0.15, 0.2) is 5.84 Å². The van der Waals surface area contributed by atoms with Crippen molar-refractivity contribution in [1.82, 2.24) is 9.97 Å². The van der Waals surface area contributed by atoms with Gasteiger partial charge in [0, 0.05) is 17.5 Å². The van der Waals surface area contributed by atoms with Gasteiger partial charge in [-0.3, -0.25) is 0 Å². The van der Waals surface area contributed by atoms with Crippen molar-refractivity contribution in [2.75, 3.05) is 6.61 Å². The van der Waals surface area contributed by atoms with Gasteiger partial charge in [0.1, 0.15) is 0 Å². The fourth-order valence-electron chi connectivity index (χ4n) is 1.81. The second-order valence-electron chi connectivity index (χ2n) is 4.25. The van der Waals surface area contributed by atoms with Crippen molar-refractivity contribution in [2.45, 2.75) is 20.3 Å². The molecule has 6 nitrogen and oxygen atoms in total. The van der Waals surface area contributed by atoms with E-state index in [0.717, 1.165) is 17.7 Å². The van der Waals surface area contributed by atoms with E-state index in [1.54, 1.807) is 23.6 Å². The summed E-state index contributed by atoms with van der Waals surface area (Å²) in [6.07, 6.45) is 2.39. The van der Waals surface area contributed by atoms with E-state index in [0.29, 0.717) is 18.1 Å². The van der Waals surface area contributed by atoms with E-state index < -0.39 is 0 Å². The van der Waals surface area contributed by atoms with E-state index in [-0.39, 0.29) is 5.84 Å². The van der Waals surface area contributed by atoms with Crippen LogP contribution >= 0.6 is 11.3 Å². The molecule has 2 heterocycles. The number of hydrogen-bond acceptors (Lipinski definition) is 6. The Morgan fingerprint density at radius 1 is 1.45 bits per heavy atom. The lowest BCUT2D eigenvalue weighted by atomic mass is 10.1. The summed E-state index contributed by atoms with van der Waals surface area (Å²) in [7, 11) is 0. The van der Waals surface area contributed by atoms with Crippen molar-refractivity contribution in [3.63, 3.8) is 0 Å². The molecule has 0 atom stereocenters. The molecule has 0 radical (unpaired) electrons. The van der Waals surface area contributed by atoms with Crippen molar-refractivity contribution in [3.8, 4) is 5.88 Å². The number of hydrogen-bond donors (Lipinski definition) is 2. The monoisotopic (exact) mass is 292 g/mol. The van der Waals surface area contributed by atoms with Gasteiger partial charge in [-0.2, -0.15) is 0 Å². The molecule has 3 N–H and O–H groups in total. The SMILES string of the molecule is Cc1ccnc(OCCc2scnc2C)c1/C(N)=N/O. The molecule has 20 heavy (non-hydrogen) atoms. The lowest BCUT2D eigenvalue weighted by Crippen LogP contribution is -2.18. The van der Waals surface area contributed by atoms with Crippen LogP contribution in [-0.4, -0.2) is 27.6 Å². The number of oxime groups is 1. The van der Waals surface area contributed by atoms with Gasteiger partial charge in [0.25, 0.3) is 0 Å². The van der Waals surface area contributed by atoms with Crippen LogP contribution in [0, 0.1) is 13.8 Å². The van der Waals surface area contributed by atoms with Crippen molar-refractivity contribution in [3.05, 3.63) is 39.5 Å². The molecule has 2 aromatic rings. The van der Waals surface area contributed by atoms with E-state index in [1.165, 1.54) is 4.88 Å². The Balaban J connectivity index is 2.10. The number of pyridine rings is 1. The van der Waals surface area contributed by atoms with Crippen LogP contribution < -0.4 is 10.5 Å². The molecule has 0 amide bonds. The Morgan fingerprint density at radius 2 is 2.25 bits per heavy atom. The molecule has 0 saturated heterocycles. The molecule has 0 bridgehead atoms. The first-order valence-corrected chi connectivity index (χ1v) is 6.96. The minimum atomic E-state index is -0.000397. The predicted molar refractivity (Wildman–Crippen MR) is 77.5 cm³/mol. The number of aromatic nitrogens is 2. The Kier molecular flexibility index (Phi) is 4.52. The van der Waals surface area contributed by atoms with Crippen LogP contribution in [0.4, 0.5) is 0 Å². The second kappa shape index (κ2) is 6.33. The highest BCUT2D eigenvalue weighted by molar-refractivity contribution is 7.09. The topological polar surface area (TPSA) is 93.6 Å². The first-order chi connectivity index (χ1) is 9.63. The lowest BCUT2D eigenvalue weighted by molar-refractivity contribution is 0.306. The van der Waals surface area contributed by atoms with Crippen LogP contribution in [0.3, 0.4) is 0 Å². The summed E-state index contributed by atoms with van der Waals surface area (Å²) in [6.45, 7) is 4.29. The maximum absolute atomic E-state index is 8.82. The number of nitrogens with zero attached hydrogens (tertiary/aromatic N) is 3. The molecule has 2 rings (SSSR count). The quantitative estimate of drug-likeness (QED) is 0.380. The first-order valence-electron chi connectivity index (χ1n) is 6.08. The van der Waals surface area contributed by atoms with Crippen molar-refractivity contribution < 1.29 is 9.94 Å². The molecular formula is C13H16N4O2S. The molecule has 0 aromatic carbocycles. The maximum atomic E-state index is 8.82. The maximum Gasteiger partial charge on any atom is 0.224 e. The van der Waals surface area contributed by atoms with E-state index >= 15 is 0 Å². The van der Waals surface area contributed by atoms with Crippen LogP contribution in [-0.2, 0) is 6.42 Å². The molecular weight excluding hydrogens is 276 g/mol. The molecule has 0 aliphatic rings.